The van der Waals surface area contributed by atoms with Crippen LogP contribution in [0.4, 0.5) is 4.39 Å². The molecule has 7 nitrogen and oxygen atoms in total. The average Bonchev–Trinajstić information content (AvgIpc) is 2.76. The zero-order chi connectivity index (χ0) is 23.7. The number of nitrogens with zero attached hydrogens (tertiary/aromatic N) is 2. The van der Waals surface area contributed by atoms with Crippen molar-refractivity contribution in [2.45, 2.75) is 39.4 Å². The molecule has 0 spiro atoms. The summed E-state index contributed by atoms with van der Waals surface area (Å²) in [5.41, 5.74) is 1.37. The van der Waals surface area contributed by atoms with Gasteiger partial charge in [-0.2, -0.15) is 4.31 Å². The lowest BCUT2D eigenvalue weighted by atomic mass is 10.1. The molecular formula is C23H30FN3O4S. The van der Waals surface area contributed by atoms with Crippen molar-refractivity contribution >= 4 is 21.8 Å². The van der Waals surface area contributed by atoms with Crippen LogP contribution in [-0.4, -0.2) is 54.8 Å². The molecule has 0 saturated heterocycles. The van der Waals surface area contributed by atoms with Gasteiger partial charge in [0, 0.05) is 19.6 Å². The molecule has 0 aliphatic carbocycles. The van der Waals surface area contributed by atoms with Gasteiger partial charge < -0.3 is 10.2 Å². The molecule has 0 bridgehead atoms. The van der Waals surface area contributed by atoms with Crippen LogP contribution in [0.1, 0.15) is 31.4 Å². The van der Waals surface area contributed by atoms with Crippen LogP contribution in [0, 0.1) is 5.82 Å². The standard InChI is InChI=1S/C23H30FN3O4S/c1-4-14-25-23(29)18(2)27(16-20-10-12-21(24)13-11-20)22(28)17-26(32(3,30)31)15-19-8-6-5-7-9-19/h5-13,18H,4,14-17H2,1-3H3,(H,25,29)/t18-/m0/s1. The third kappa shape index (κ3) is 7.72. The first-order valence-electron chi connectivity index (χ1n) is 10.4. The molecule has 1 N–H and O–H groups in total. The topological polar surface area (TPSA) is 86.8 Å². The maximum atomic E-state index is 13.3. The molecule has 0 saturated carbocycles. The fraction of sp³-hybridized carbons (Fsp3) is 0.391. The summed E-state index contributed by atoms with van der Waals surface area (Å²) < 4.78 is 39.1. The highest BCUT2D eigenvalue weighted by atomic mass is 32.2. The fourth-order valence-corrected chi connectivity index (χ4v) is 3.81. The lowest BCUT2D eigenvalue weighted by Crippen LogP contribution is -2.51. The molecule has 2 aromatic rings. The Morgan fingerprint density at radius 3 is 2.16 bits per heavy atom. The molecule has 2 rings (SSSR count). The van der Waals surface area contributed by atoms with E-state index < -0.39 is 34.3 Å². The second kappa shape index (κ2) is 11.7. The first kappa shape index (κ1) is 25.5. The normalized spacial score (nSPS) is 12.4. The van der Waals surface area contributed by atoms with E-state index in [-0.39, 0.29) is 19.0 Å². The molecule has 9 heteroatoms. The van der Waals surface area contributed by atoms with Crippen LogP contribution < -0.4 is 5.32 Å². The van der Waals surface area contributed by atoms with Gasteiger partial charge in [0.25, 0.3) is 0 Å². The van der Waals surface area contributed by atoms with Crippen molar-refractivity contribution in [3.63, 3.8) is 0 Å². The van der Waals surface area contributed by atoms with E-state index in [9.17, 15) is 22.4 Å². The number of nitrogens with one attached hydrogen (secondary N) is 1. The van der Waals surface area contributed by atoms with Gasteiger partial charge in [0.05, 0.1) is 12.8 Å². The predicted octanol–water partition coefficient (Wildman–Crippen LogP) is 2.53. The van der Waals surface area contributed by atoms with E-state index in [1.807, 2.05) is 13.0 Å². The van der Waals surface area contributed by atoms with Gasteiger partial charge in [-0.3, -0.25) is 9.59 Å². The minimum absolute atomic E-state index is 0.0339. The van der Waals surface area contributed by atoms with Crippen LogP contribution in [0.3, 0.4) is 0 Å². The highest BCUT2D eigenvalue weighted by Gasteiger charge is 2.29. The van der Waals surface area contributed by atoms with Crippen LogP contribution in [-0.2, 0) is 32.7 Å². The van der Waals surface area contributed by atoms with Crippen molar-refractivity contribution in [1.82, 2.24) is 14.5 Å². The first-order chi connectivity index (χ1) is 15.1. The van der Waals surface area contributed by atoms with Crippen molar-refractivity contribution in [2.24, 2.45) is 0 Å². The quantitative estimate of drug-likeness (QED) is 0.555. The fourth-order valence-electron chi connectivity index (χ4n) is 3.08. The molecule has 0 heterocycles. The Kier molecular flexibility index (Phi) is 9.34. The van der Waals surface area contributed by atoms with Crippen molar-refractivity contribution in [3.05, 3.63) is 71.5 Å². The molecule has 174 valence electrons. The lowest BCUT2D eigenvalue weighted by Gasteiger charge is -2.31. The number of carbonyl (C=O) groups is 2. The van der Waals surface area contributed by atoms with Gasteiger partial charge in [-0.25, -0.2) is 12.8 Å². The van der Waals surface area contributed by atoms with Crippen LogP contribution in [0.5, 0.6) is 0 Å². The molecule has 0 unspecified atom stereocenters. The number of rotatable bonds is 11. The number of hydrogen-bond acceptors (Lipinski definition) is 4. The summed E-state index contributed by atoms with van der Waals surface area (Å²) in [7, 11) is -3.69. The Morgan fingerprint density at radius 1 is 1.00 bits per heavy atom. The van der Waals surface area contributed by atoms with Gasteiger partial charge in [0.2, 0.25) is 21.8 Å². The maximum Gasteiger partial charge on any atom is 0.242 e. The molecule has 2 amide bonds. The van der Waals surface area contributed by atoms with E-state index in [4.69, 9.17) is 0 Å². The number of amides is 2. The summed E-state index contributed by atoms with van der Waals surface area (Å²) in [4.78, 5) is 27.1. The Bertz CT molecular complexity index is 998. The van der Waals surface area contributed by atoms with E-state index >= 15 is 0 Å². The van der Waals surface area contributed by atoms with Crippen LogP contribution in [0.2, 0.25) is 0 Å². The lowest BCUT2D eigenvalue weighted by molar-refractivity contribution is -0.140. The third-order valence-electron chi connectivity index (χ3n) is 4.97. The Hall–Kier alpha value is -2.78. The maximum absolute atomic E-state index is 13.3. The van der Waals surface area contributed by atoms with Gasteiger partial charge in [0.15, 0.2) is 0 Å². The summed E-state index contributed by atoms with van der Waals surface area (Å²) in [6, 6.07) is 13.7. The van der Waals surface area contributed by atoms with Crippen molar-refractivity contribution in [1.29, 1.82) is 0 Å². The Balaban J connectivity index is 2.27. The molecular weight excluding hydrogens is 433 g/mol. The second-order valence-electron chi connectivity index (χ2n) is 7.63. The van der Waals surface area contributed by atoms with E-state index in [0.717, 1.165) is 22.5 Å². The molecule has 0 aliphatic rings. The monoisotopic (exact) mass is 463 g/mol. The largest absolute Gasteiger partial charge is 0.354 e. The molecule has 0 aromatic heterocycles. The van der Waals surface area contributed by atoms with E-state index in [2.05, 4.69) is 5.32 Å². The zero-order valence-electron chi connectivity index (χ0n) is 18.6. The van der Waals surface area contributed by atoms with E-state index in [0.29, 0.717) is 12.1 Å². The van der Waals surface area contributed by atoms with Crippen molar-refractivity contribution in [2.75, 3.05) is 19.3 Å². The van der Waals surface area contributed by atoms with Crippen LogP contribution in [0.15, 0.2) is 54.6 Å². The molecule has 32 heavy (non-hydrogen) atoms. The number of carbonyl (C=O) groups excluding carboxylic acids is 2. The average molecular weight is 464 g/mol. The van der Waals surface area contributed by atoms with Gasteiger partial charge in [-0.05, 0) is 36.6 Å². The molecule has 0 radical (unpaired) electrons. The predicted molar refractivity (Wildman–Crippen MR) is 121 cm³/mol. The number of sulfonamides is 1. The number of halogens is 1. The SMILES string of the molecule is CCCNC(=O)[C@H](C)N(Cc1ccc(F)cc1)C(=O)CN(Cc1ccccc1)S(C)(=O)=O. The van der Waals surface area contributed by atoms with Gasteiger partial charge in [-0.15, -0.1) is 0 Å². The Labute approximate surface area is 189 Å². The highest BCUT2D eigenvalue weighted by Crippen LogP contribution is 2.14. The minimum atomic E-state index is -3.69. The summed E-state index contributed by atoms with van der Waals surface area (Å²) in [5.74, 6) is -1.27. The third-order valence-corrected chi connectivity index (χ3v) is 6.16. The molecule has 1 atom stereocenters. The summed E-state index contributed by atoms with van der Waals surface area (Å²) >= 11 is 0. The summed E-state index contributed by atoms with van der Waals surface area (Å²) in [5, 5.41) is 2.76. The summed E-state index contributed by atoms with van der Waals surface area (Å²) in [6.45, 7) is 3.63. The molecule has 0 fully saturated rings. The van der Waals surface area contributed by atoms with E-state index in [1.54, 1.807) is 31.2 Å². The van der Waals surface area contributed by atoms with Crippen LogP contribution in [0.25, 0.3) is 0 Å². The van der Waals surface area contributed by atoms with Crippen molar-refractivity contribution in [3.8, 4) is 0 Å². The van der Waals surface area contributed by atoms with Gasteiger partial charge in [0.1, 0.15) is 11.9 Å². The van der Waals surface area contributed by atoms with Crippen LogP contribution >= 0.6 is 0 Å². The van der Waals surface area contributed by atoms with Gasteiger partial charge >= 0.3 is 0 Å². The first-order valence-corrected chi connectivity index (χ1v) is 12.3. The zero-order valence-corrected chi connectivity index (χ0v) is 19.4. The van der Waals surface area contributed by atoms with E-state index in [1.165, 1.54) is 29.2 Å². The van der Waals surface area contributed by atoms with Crippen molar-refractivity contribution < 1.29 is 22.4 Å². The smallest absolute Gasteiger partial charge is 0.242 e. The highest BCUT2D eigenvalue weighted by molar-refractivity contribution is 7.88. The molecule has 0 aliphatic heterocycles. The molecule has 2 aromatic carbocycles. The second-order valence-corrected chi connectivity index (χ2v) is 9.61. The summed E-state index contributed by atoms with van der Waals surface area (Å²) in [6.07, 6.45) is 1.79. The van der Waals surface area contributed by atoms with Gasteiger partial charge in [-0.1, -0.05) is 49.4 Å². The Morgan fingerprint density at radius 2 is 1.59 bits per heavy atom. The number of benzene rings is 2. The number of hydrogen-bond donors (Lipinski definition) is 1. The minimum Gasteiger partial charge on any atom is -0.354 e.